The Balaban J connectivity index is 0.000000378. The maximum Gasteiger partial charge on any atom is 0.155 e. The Morgan fingerprint density at radius 2 is 1.63 bits per heavy atom. The second-order valence-electron chi connectivity index (χ2n) is 9.43. The number of hydrogen-bond acceptors (Lipinski definition) is 4. The average molecular weight is 659 g/mol. The Labute approximate surface area is 223 Å². The minimum absolute atomic E-state index is 0. The van der Waals surface area contributed by atoms with Crippen LogP contribution in [0.1, 0.15) is 40.2 Å². The van der Waals surface area contributed by atoms with Crippen LogP contribution in [0.3, 0.4) is 0 Å². The number of ketones is 1. The van der Waals surface area contributed by atoms with Gasteiger partial charge in [0.2, 0.25) is 0 Å². The van der Waals surface area contributed by atoms with Crippen LogP contribution in [0, 0.1) is 6.07 Å². The third-order valence-corrected chi connectivity index (χ3v) is 6.50. The summed E-state index contributed by atoms with van der Waals surface area (Å²) in [6.07, 6.45) is 1.17. The number of aliphatic hydroxyl groups excluding tert-OH is 1. The minimum Gasteiger partial charge on any atom is -0.512 e. The molecule has 1 radical (unpaired) electrons. The number of allylic oxidation sites excluding steroid dienone is 2. The van der Waals surface area contributed by atoms with E-state index in [1.54, 1.807) is 11.3 Å². The van der Waals surface area contributed by atoms with Crippen LogP contribution in [-0.4, -0.2) is 15.9 Å². The van der Waals surface area contributed by atoms with Gasteiger partial charge in [0.1, 0.15) is 0 Å². The van der Waals surface area contributed by atoms with E-state index in [0.29, 0.717) is 0 Å². The molecule has 1 N–H and O–H groups in total. The van der Waals surface area contributed by atoms with Crippen molar-refractivity contribution >= 4 is 48.9 Å². The maximum absolute atomic E-state index is 10.0. The molecule has 181 valence electrons. The fraction of sp³-hybridized carbons (Fsp3) is 0.200. The van der Waals surface area contributed by atoms with E-state index >= 15 is 0 Å². The maximum atomic E-state index is 10.0. The van der Waals surface area contributed by atoms with E-state index in [4.69, 9.17) is 10.1 Å². The van der Waals surface area contributed by atoms with Gasteiger partial charge in [0.05, 0.1) is 11.3 Å². The smallest absolute Gasteiger partial charge is 0.155 e. The van der Waals surface area contributed by atoms with Crippen LogP contribution in [-0.2, 0) is 30.3 Å². The molecular formula is C30H28IrNO2S-. The Hall–Kier alpha value is -2.85. The van der Waals surface area contributed by atoms with Crippen molar-refractivity contribution in [1.82, 2.24) is 4.98 Å². The van der Waals surface area contributed by atoms with E-state index < -0.39 is 0 Å². The van der Waals surface area contributed by atoms with Gasteiger partial charge in [0.15, 0.2) is 5.78 Å². The zero-order chi connectivity index (χ0) is 24.5. The van der Waals surface area contributed by atoms with Gasteiger partial charge in [0, 0.05) is 42.0 Å². The van der Waals surface area contributed by atoms with Crippen LogP contribution in [0.4, 0.5) is 0 Å². The molecule has 0 aliphatic heterocycles. The fourth-order valence-corrected chi connectivity index (χ4v) is 5.06. The third-order valence-electron chi connectivity index (χ3n) is 5.55. The summed E-state index contributed by atoms with van der Waals surface area (Å²) in [5, 5.41) is 15.4. The molecular weight excluding hydrogens is 631 g/mol. The van der Waals surface area contributed by atoms with Gasteiger partial charge >= 0.3 is 0 Å². The van der Waals surface area contributed by atoms with E-state index in [1.165, 1.54) is 46.3 Å². The van der Waals surface area contributed by atoms with Gasteiger partial charge in [-0.05, 0) is 42.2 Å². The van der Waals surface area contributed by atoms with Crippen LogP contribution in [0.25, 0.3) is 43.0 Å². The van der Waals surface area contributed by atoms with Gasteiger partial charge < -0.3 is 5.11 Å². The van der Waals surface area contributed by atoms with Crippen molar-refractivity contribution < 1.29 is 30.0 Å². The molecule has 5 rings (SSSR count). The standard InChI is InChI=1S/C25H20NS.C5H8O2.Ir/c1-25(2,3)21-15-17(14-16-8-4-5-9-18(16)21)23-20-12-13-27-24(20)19-10-6-7-11-22(19)26-23;1-4(6)3-5(2)7;/h4-13,15H,1-3H3;3,6H,1-2H3;/q-1;;/b;4-3-;. The first kappa shape index (κ1) is 26.7. The van der Waals surface area contributed by atoms with Crippen LogP contribution in [0.15, 0.2) is 77.9 Å². The zero-order valence-corrected chi connectivity index (χ0v) is 23.7. The van der Waals surface area contributed by atoms with E-state index in [9.17, 15) is 4.79 Å². The first-order valence-electron chi connectivity index (χ1n) is 11.2. The Kier molecular flexibility index (Phi) is 8.27. The van der Waals surface area contributed by atoms with E-state index in [-0.39, 0.29) is 37.1 Å². The number of rotatable bonds is 2. The summed E-state index contributed by atoms with van der Waals surface area (Å²) in [5.41, 5.74) is 4.54. The Morgan fingerprint density at radius 1 is 0.971 bits per heavy atom. The topological polar surface area (TPSA) is 50.2 Å². The number of hydrogen-bond donors (Lipinski definition) is 1. The summed E-state index contributed by atoms with van der Waals surface area (Å²) in [6.45, 7) is 9.66. The van der Waals surface area contributed by atoms with Gasteiger partial charge in [0.25, 0.3) is 0 Å². The molecule has 3 nitrogen and oxygen atoms in total. The molecule has 0 atom stereocenters. The van der Waals surface area contributed by atoms with Crippen LogP contribution >= 0.6 is 11.3 Å². The number of fused-ring (bicyclic) bond motifs is 4. The van der Waals surface area contributed by atoms with Crippen molar-refractivity contribution in [2.24, 2.45) is 0 Å². The number of benzene rings is 3. The first-order valence-corrected chi connectivity index (χ1v) is 12.1. The molecule has 0 aliphatic rings. The van der Waals surface area contributed by atoms with Crippen molar-refractivity contribution in [3.8, 4) is 11.3 Å². The van der Waals surface area contributed by atoms with Crippen molar-refractivity contribution in [3.05, 3.63) is 89.5 Å². The number of carbonyl (C=O) groups excluding carboxylic acids is 1. The molecule has 0 aliphatic carbocycles. The fourth-order valence-electron chi connectivity index (χ4n) is 4.13. The molecule has 0 unspecified atom stereocenters. The molecule has 0 amide bonds. The van der Waals surface area contributed by atoms with Crippen molar-refractivity contribution in [2.75, 3.05) is 0 Å². The minimum atomic E-state index is -0.125. The third kappa shape index (κ3) is 5.87. The number of para-hydroxylation sites is 1. The molecule has 0 spiro atoms. The SMILES string of the molecule is CC(=O)/C=C(/C)O.CC(C)(C)c1cc(-c2nc3ccccc3c3sccc23)[c-]c2ccccc12.[Ir]. The first-order chi connectivity index (χ1) is 16.1. The molecule has 0 bridgehead atoms. The van der Waals surface area contributed by atoms with Crippen molar-refractivity contribution in [3.63, 3.8) is 0 Å². The second kappa shape index (κ2) is 10.8. The number of nitrogens with zero attached hydrogens (tertiary/aromatic N) is 1. The predicted octanol–water partition coefficient (Wildman–Crippen LogP) is 8.40. The largest absolute Gasteiger partial charge is 0.512 e. The predicted molar refractivity (Wildman–Crippen MR) is 145 cm³/mol. The molecule has 35 heavy (non-hydrogen) atoms. The van der Waals surface area contributed by atoms with Gasteiger partial charge in [-0.15, -0.1) is 40.5 Å². The van der Waals surface area contributed by atoms with Crippen LogP contribution < -0.4 is 0 Å². The normalized spacial score (nSPS) is 11.7. The van der Waals surface area contributed by atoms with Crippen LogP contribution in [0.2, 0.25) is 0 Å². The number of pyridine rings is 1. The number of aliphatic hydroxyl groups is 1. The molecule has 5 aromatic rings. The molecule has 0 saturated carbocycles. The van der Waals surface area contributed by atoms with Crippen molar-refractivity contribution in [1.29, 1.82) is 0 Å². The van der Waals surface area contributed by atoms with E-state index in [0.717, 1.165) is 22.2 Å². The molecule has 3 aromatic carbocycles. The summed E-state index contributed by atoms with van der Waals surface area (Å²) in [5.74, 6) is -0.0625. The van der Waals surface area contributed by atoms with E-state index in [1.807, 2.05) is 0 Å². The van der Waals surface area contributed by atoms with Crippen LogP contribution in [0.5, 0.6) is 0 Å². The summed E-state index contributed by atoms with van der Waals surface area (Å²) in [7, 11) is 0. The number of carbonyl (C=O) groups is 1. The van der Waals surface area contributed by atoms with Gasteiger partial charge in [-0.1, -0.05) is 68.1 Å². The Morgan fingerprint density at radius 3 is 2.26 bits per heavy atom. The average Bonchev–Trinajstić information content (AvgIpc) is 3.27. The quantitative estimate of drug-likeness (QED) is 0.118. The zero-order valence-electron chi connectivity index (χ0n) is 20.5. The number of aromatic nitrogens is 1. The molecule has 5 heteroatoms. The van der Waals surface area contributed by atoms with Crippen molar-refractivity contribution in [2.45, 2.75) is 40.0 Å². The summed E-state index contributed by atoms with van der Waals surface area (Å²) in [4.78, 5) is 15.1. The monoisotopic (exact) mass is 659 g/mol. The Bertz CT molecular complexity index is 1540. The molecule has 0 saturated heterocycles. The molecule has 2 heterocycles. The molecule has 0 fully saturated rings. The summed E-state index contributed by atoms with van der Waals surface area (Å²) >= 11 is 1.79. The summed E-state index contributed by atoms with van der Waals surface area (Å²) in [6, 6.07) is 25.1. The van der Waals surface area contributed by atoms with Gasteiger partial charge in [-0.2, -0.15) is 0 Å². The second-order valence-corrected chi connectivity index (χ2v) is 10.3. The van der Waals surface area contributed by atoms with Gasteiger partial charge in [-0.25, -0.2) is 0 Å². The number of thiophene rings is 1. The summed E-state index contributed by atoms with van der Waals surface area (Å²) < 4.78 is 1.30. The molecule has 2 aromatic heterocycles. The van der Waals surface area contributed by atoms with E-state index in [2.05, 4.69) is 92.9 Å². The van der Waals surface area contributed by atoms with Gasteiger partial charge in [-0.3, -0.25) is 9.78 Å².